The van der Waals surface area contributed by atoms with Gasteiger partial charge in [0.1, 0.15) is 4.83 Å². The van der Waals surface area contributed by atoms with Crippen molar-refractivity contribution in [3.8, 4) is 0 Å². The zero-order chi connectivity index (χ0) is 9.38. The first-order chi connectivity index (χ1) is 6.93. The molecule has 16 heavy (non-hydrogen) atoms. The standard InChI is InChI=1S/C11H12N2S.2ClH/c1-3-8-7-10(9-4-2-5-12-9)14-11(8)13-6-1;;/h1,3,6-7,9,12H,2,4-5H2;2*1H. The summed E-state index contributed by atoms with van der Waals surface area (Å²) in [5.74, 6) is 0. The van der Waals surface area contributed by atoms with E-state index in [1.807, 2.05) is 23.6 Å². The molecule has 2 aromatic heterocycles. The molecule has 2 aromatic rings. The molecule has 0 saturated carbocycles. The normalized spacial score (nSPS) is 19.1. The fraction of sp³-hybridized carbons (Fsp3) is 0.364. The molecule has 0 bridgehead atoms. The van der Waals surface area contributed by atoms with Gasteiger partial charge in [0, 0.05) is 22.5 Å². The summed E-state index contributed by atoms with van der Waals surface area (Å²) in [7, 11) is 0. The number of halogens is 2. The van der Waals surface area contributed by atoms with Crippen LogP contribution >= 0.6 is 36.2 Å². The van der Waals surface area contributed by atoms with Gasteiger partial charge in [0.05, 0.1) is 0 Å². The van der Waals surface area contributed by atoms with Crippen molar-refractivity contribution >= 4 is 46.4 Å². The molecule has 1 N–H and O–H groups in total. The second kappa shape index (κ2) is 5.82. The summed E-state index contributed by atoms with van der Waals surface area (Å²) in [4.78, 5) is 6.97. The molecular formula is C11H14Cl2N2S. The lowest BCUT2D eigenvalue weighted by Gasteiger charge is -2.05. The number of hydrogen-bond acceptors (Lipinski definition) is 3. The zero-order valence-corrected chi connectivity index (χ0v) is 11.1. The van der Waals surface area contributed by atoms with Crippen molar-refractivity contribution in [2.45, 2.75) is 18.9 Å². The first-order valence-electron chi connectivity index (χ1n) is 5.01. The number of fused-ring (bicyclic) bond motifs is 1. The van der Waals surface area contributed by atoms with Gasteiger partial charge in [0.2, 0.25) is 0 Å². The molecule has 1 fully saturated rings. The summed E-state index contributed by atoms with van der Waals surface area (Å²) in [6, 6.07) is 6.99. The highest BCUT2D eigenvalue weighted by atomic mass is 35.5. The van der Waals surface area contributed by atoms with Gasteiger partial charge in [-0.15, -0.1) is 36.2 Å². The molecule has 3 heterocycles. The Balaban J connectivity index is 0.000000640. The van der Waals surface area contributed by atoms with Crippen LogP contribution in [0.15, 0.2) is 24.4 Å². The van der Waals surface area contributed by atoms with Crippen molar-refractivity contribution < 1.29 is 0 Å². The molecule has 1 saturated heterocycles. The maximum atomic E-state index is 4.36. The van der Waals surface area contributed by atoms with Gasteiger partial charge in [-0.1, -0.05) is 6.07 Å². The van der Waals surface area contributed by atoms with E-state index >= 15 is 0 Å². The van der Waals surface area contributed by atoms with Crippen LogP contribution in [0.5, 0.6) is 0 Å². The lowest BCUT2D eigenvalue weighted by molar-refractivity contribution is 0.660. The van der Waals surface area contributed by atoms with E-state index in [1.54, 1.807) is 0 Å². The van der Waals surface area contributed by atoms with E-state index in [9.17, 15) is 0 Å². The third kappa shape index (κ3) is 2.48. The van der Waals surface area contributed by atoms with E-state index in [2.05, 4.69) is 22.4 Å². The van der Waals surface area contributed by atoms with E-state index in [0.717, 1.165) is 11.4 Å². The van der Waals surface area contributed by atoms with Crippen molar-refractivity contribution in [2.75, 3.05) is 6.54 Å². The monoisotopic (exact) mass is 276 g/mol. The maximum absolute atomic E-state index is 4.36. The fourth-order valence-corrected chi connectivity index (χ4v) is 3.10. The molecular weight excluding hydrogens is 263 g/mol. The largest absolute Gasteiger partial charge is 0.309 e. The molecule has 1 aliphatic rings. The highest BCUT2D eigenvalue weighted by molar-refractivity contribution is 7.18. The fourth-order valence-electron chi connectivity index (χ4n) is 1.99. The molecule has 1 aliphatic heterocycles. The van der Waals surface area contributed by atoms with E-state index in [4.69, 9.17) is 0 Å². The lowest BCUT2D eigenvalue weighted by Crippen LogP contribution is -2.11. The van der Waals surface area contributed by atoms with Crippen LogP contribution in [-0.2, 0) is 0 Å². The van der Waals surface area contributed by atoms with Crippen LogP contribution < -0.4 is 5.32 Å². The summed E-state index contributed by atoms with van der Waals surface area (Å²) in [6.45, 7) is 1.16. The molecule has 0 spiro atoms. The van der Waals surface area contributed by atoms with Crippen LogP contribution in [0.1, 0.15) is 23.8 Å². The number of nitrogens with one attached hydrogen (secondary N) is 1. The lowest BCUT2D eigenvalue weighted by atomic mass is 10.2. The zero-order valence-electron chi connectivity index (χ0n) is 8.68. The highest BCUT2D eigenvalue weighted by Crippen LogP contribution is 2.32. The average Bonchev–Trinajstić information content (AvgIpc) is 2.86. The van der Waals surface area contributed by atoms with E-state index in [1.165, 1.54) is 23.1 Å². The van der Waals surface area contributed by atoms with Crippen LogP contribution in [0.2, 0.25) is 0 Å². The minimum Gasteiger partial charge on any atom is -0.309 e. The van der Waals surface area contributed by atoms with Gasteiger partial charge in [-0.2, -0.15) is 0 Å². The summed E-state index contributed by atoms with van der Waals surface area (Å²) < 4.78 is 0. The van der Waals surface area contributed by atoms with Crippen molar-refractivity contribution in [3.05, 3.63) is 29.3 Å². The van der Waals surface area contributed by atoms with Crippen molar-refractivity contribution in [1.29, 1.82) is 0 Å². The Hall–Kier alpha value is -0.350. The molecule has 1 unspecified atom stereocenters. The Bertz CT molecular complexity index is 419. The van der Waals surface area contributed by atoms with Gasteiger partial charge in [-0.25, -0.2) is 4.98 Å². The van der Waals surface area contributed by atoms with Crippen molar-refractivity contribution in [3.63, 3.8) is 0 Å². The Morgan fingerprint density at radius 1 is 1.38 bits per heavy atom. The Morgan fingerprint density at radius 2 is 2.25 bits per heavy atom. The van der Waals surface area contributed by atoms with Crippen molar-refractivity contribution in [1.82, 2.24) is 10.3 Å². The number of rotatable bonds is 1. The molecule has 5 heteroatoms. The molecule has 2 nitrogen and oxygen atoms in total. The van der Waals surface area contributed by atoms with E-state index in [0.29, 0.717) is 6.04 Å². The predicted molar refractivity (Wildman–Crippen MR) is 74.1 cm³/mol. The summed E-state index contributed by atoms with van der Waals surface area (Å²) in [6.07, 6.45) is 4.43. The number of hydrogen-bond donors (Lipinski definition) is 1. The van der Waals surface area contributed by atoms with Gasteiger partial charge in [-0.3, -0.25) is 0 Å². The molecule has 0 aliphatic carbocycles. The van der Waals surface area contributed by atoms with Crippen LogP contribution in [0.3, 0.4) is 0 Å². The minimum absolute atomic E-state index is 0. The molecule has 88 valence electrons. The van der Waals surface area contributed by atoms with Gasteiger partial charge in [-0.05, 0) is 31.5 Å². The van der Waals surface area contributed by atoms with E-state index < -0.39 is 0 Å². The summed E-state index contributed by atoms with van der Waals surface area (Å²) in [5, 5.41) is 4.80. The highest BCUT2D eigenvalue weighted by Gasteiger charge is 2.18. The molecule has 0 radical (unpaired) electrons. The Morgan fingerprint density at radius 3 is 2.94 bits per heavy atom. The smallest absolute Gasteiger partial charge is 0.123 e. The molecule has 3 rings (SSSR count). The molecule has 0 amide bonds. The average molecular weight is 277 g/mol. The molecule has 1 atom stereocenters. The SMILES string of the molecule is Cl.Cl.c1cnc2sc(C3CCCN3)cc2c1. The van der Waals surface area contributed by atoms with Crippen LogP contribution in [0, 0.1) is 0 Å². The number of pyridine rings is 1. The topological polar surface area (TPSA) is 24.9 Å². The van der Waals surface area contributed by atoms with Gasteiger partial charge >= 0.3 is 0 Å². The van der Waals surface area contributed by atoms with E-state index in [-0.39, 0.29) is 24.8 Å². The number of nitrogens with zero attached hydrogens (tertiary/aromatic N) is 1. The van der Waals surface area contributed by atoms with Gasteiger partial charge in [0.25, 0.3) is 0 Å². The molecule has 0 aromatic carbocycles. The van der Waals surface area contributed by atoms with Crippen LogP contribution in [-0.4, -0.2) is 11.5 Å². The third-order valence-electron chi connectivity index (χ3n) is 2.72. The van der Waals surface area contributed by atoms with Crippen LogP contribution in [0.4, 0.5) is 0 Å². The maximum Gasteiger partial charge on any atom is 0.123 e. The summed E-state index contributed by atoms with van der Waals surface area (Å²) in [5.41, 5.74) is 0. The first-order valence-corrected chi connectivity index (χ1v) is 5.83. The quantitative estimate of drug-likeness (QED) is 0.862. The third-order valence-corrected chi connectivity index (χ3v) is 3.89. The predicted octanol–water partition coefficient (Wildman–Crippen LogP) is 3.56. The second-order valence-electron chi connectivity index (χ2n) is 3.70. The summed E-state index contributed by atoms with van der Waals surface area (Å²) >= 11 is 1.82. The number of thiophene rings is 1. The first kappa shape index (κ1) is 13.7. The Kier molecular flexibility index (Phi) is 4.99. The van der Waals surface area contributed by atoms with Crippen molar-refractivity contribution in [2.24, 2.45) is 0 Å². The minimum atomic E-state index is 0. The Labute approximate surface area is 111 Å². The second-order valence-corrected chi connectivity index (χ2v) is 4.76. The van der Waals surface area contributed by atoms with Gasteiger partial charge in [0.15, 0.2) is 0 Å². The van der Waals surface area contributed by atoms with Crippen LogP contribution in [0.25, 0.3) is 10.2 Å². The van der Waals surface area contributed by atoms with Gasteiger partial charge < -0.3 is 5.32 Å². The number of aromatic nitrogens is 1.